The Morgan fingerprint density at radius 1 is 1.06 bits per heavy atom. The van der Waals surface area contributed by atoms with Crippen LogP contribution in [0.4, 0.5) is 0 Å². The lowest BCUT2D eigenvalue weighted by molar-refractivity contribution is -0.142. The van der Waals surface area contributed by atoms with Gasteiger partial charge in [-0.2, -0.15) is 0 Å². The molecule has 0 saturated carbocycles. The van der Waals surface area contributed by atoms with Gasteiger partial charge in [-0.25, -0.2) is 0 Å². The van der Waals surface area contributed by atoms with E-state index in [1.807, 2.05) is 35.4 Å². The van der Waals surface area contributed by atoms with Crippen LogP contribution in [-0.2, 0) is 9.53 Å². The Balaban J connectivity index is 1.21. The Kier molecular flexibility index (Phi) is 5.60. The number of amides is 1. The van der Waals surface area contributed by atoms with Crippen molar-refractivity contribution in [3.63, 3.8) is 0 Å². The molecule has 31 heavy (non-hydrogen) atoms. The highest BCUT2D eigenvalue weighted by Crippen LogP contribution is 2.30. The highest BCUT2D eigenvalue weighted by atomic mass is 16.5. The van der Waals surface area contributed by atoms with Crippen molar-refractivity contribution in [1.29, 1.82) is 0 Å². The number of para-hydroxylation sites is 1. The predicted molar refractivity (Wildman–Crippen MR) is 121 cm³/mol. The number of aryl methyl sites for hydroxylation is 1. The van der Waals surface area contributed by atoms with Gasteiger partial charge in [0.25, 0.3) is 5.91 Å². The minimum atomic E-state index is -0.224. The smallest absolute Gasteiger partial charge is 0.251 e. The second-order valence-corrected chi connectivity index (χ2v) is 8.48. The van der Waals surface area contributed by atoms with Crippen molar-refractivity contribution in [2.24, 2.45) is 0 Å². The van der Waals surface area contributed by atoms with Gasteiger partial charge in [-0.3, -0.25) is 9.78 Å². The van der Waals surface area contributed by atoms with Gasteiger partial charge in [0.05, 0.1) is 5.52 Å². The Bertz CT molecular complexity index is 1070. The van der Waals surface area contributed by atoms with Gasteiger partial charge in [-0.1, -0.05) is 30.3 Å². The third kappa shape index (κ3) is 4.15. The largest absolute Gasteiger partial charge is 0.490 e. The number of hydrogen-bond donors (Lipinski definition) is 0. The van der Waals surface area contributed by atoms with Crippen LogP contribution in [0.1, 0.15) is 31.2 Å². The molecule has 3 aromatic rings. The summed E-state index contributed by atoms with van der Waals surface area (Å²) in [6.07, 6.45) is 5.42. The van der Waals surface area contributed by atoms with Crippen molar-refractivity contribution < 1.29 is 14.3 Å². The van der Waals surface area contributed by atoms with E-state index < -0.39 is 0 Å². The molecule has 5 rings (SSSR count). The zero-order chi connectivity index (χ0) is 21.2. The number of likely N-dealkylation sites (tertiary alicyclic amines) is 1. The number of hydrogen-bond acceptors (Lipinski definition) is 4. The molecule has 0 spiro atoms. The van der Waals surface area contributed by atoms with Crippen LogP contribution in [0.2, 0.25) is 0 Å². The van der Waals surface area contributed by atoms with E-state index in [4.69, 9.17) is 9.47 Å². The molecule has 2 fully saturated rings. The van der Waals surface area contributed by atoms with Crippen molar-refractivity contribution in [1.82, 2.24) is 9.88 Å². The Hall–Kier alpha value is -2.92. The average molecular weight is 417 g/mol. The number of fused-ring (bicyclic) bond motifs is 1. The summed E-state index contributed by atoms with van der Waals surface area (Å²) >= 11 is 0. The van der Waals surface area contributed by atoms with E-state index >= 15 is 0 Å². The SMILES string of the molecule is Cc1c(-c2ccc(OC3CCN(C(=O)[C@H]4CCCO4)CC3)cc2)cnc2ccccc12. The third-order valence-electron chi connectivity index (χ3n) is 6.47. The molecule has 160 valence electrons. The van der Waals surface area contributed by atoms with Crippen molar-refractivity contribution in [3.05, 3.63) is 60.3 Å². The molecule has 0 unspecified atom stereocenters. The van der Waals surface area contributed by atoms with E-state index in [-0.39, 0.29) is 18.1 Å². The second kappa shape index (κ2) is 8.67. The molecular formula is C26H28N2O3. The number of piperidine rings is 1. The summed E-state index contributed by atoms with van der Waals surface area (Å²) in [4.78, 5) is 19.1. The van der Waals surface area contributed by atoms with E-state index in [9.17, 15) is 4.79 Å². The molecule has 2 aliphatic rings. The normalized spacial score (nSPS) is 19.6. The maximum absolute atomic E-state index is 12.5. The van der Waals surface area contributed by atoms with E-state index in [1.165, 1.54) is 10.9 Å². The molecule has 5 nitrogen and oxygen atoms in total. The molecule has 1 aromatic heterocycles. The van der Waals surface area contributed by atoms with Crippen molar-refractivity contribution in [3.8, 4) is 16.9 Å². The monoisotopic (exact) mass is 416 g/mol. The van der Waals surface area contributed by atoms with Gasteiger partial charge in [-0.05, 0) is 49.1 Å². The van der Waals surface area contributed by atoms with Gasteiger partial charge in [0, 0.05) is 49.7 Å². The average Bonchev–Trinajstić information content (AvgIpc) is 3.35. The Labute approximate surface area is 183 Å². The van der Waals surface area contributed by atoms with Crippen LogP contribution in [0, 0.1) is 6.92 Å². The summed E-state index contributed by atoms with van der Waals surface area (Å²) in [6.45, 7) is 4.34. The number of aromatic nitrogens is 1. The highest BCUT2D eigenvalue weighted by Gasteiger charge is 2.31. The summed E-state index contributed by atoms with van der Waals surface area (Å²) in [7, 11) is 0. The summed E-state index contributed by atoms with van der Waals surface area (Å²) in [5.74, 6) is 1.03. The van der Waals surface area contributed by atoms with E-state index in [0.717, 1.165) is 61.2 Å². The summed E-state index contributed by atoms with van der Waals surface area (Å²) in [6, 6.07) is 16.5. The van der Waals surface area contributed by atoms with Gasteiger partial charge in [0.15, 0.2) is 0 Å². The molecular weight excluding hydrogens is 388 g/mol. The van der Waals surface area contributed by atoms with Crippen LogP contribution < -0.4 is 4.74 Å². The molecule has 0 N–H and O–H groups in total. The lowest BCUT2D eigenvalue weighted by atomic mass is 9.99. The van der Waals surface area contributed by atoms with E-state index in [2.05, 4.69) is 36.2 Å². The van der Waals surface area contributed by atoms with Gasteiger partial charge in [0.1, 0.15) is 18.0 Å². The summed E-state index contributed by atoms with van der Waals surface area (Å²) in [5.41, 5.74) is 4.54. The summed E-state index contributed by atoms with van der Waals surface area (Å²) < 4.78 is 11.8. The molecule has 3 heterocycles. The molecule has 0 aliphatic carbocycles. The van der Waals surface area contributed by atoms with Crippen LogP contribution in [0.15, 0.2) is 54.7 Å². The number of nitrogens with zero attached hydrogens (tertiary/aromatic N) is 2. The first-order valence-corrected chi connectivity index (χ1v) is 11.2. The molecule has 2 aliphatic heterocycles. The molecule has 5 heteroatoms. The zero-order valence-electron chi connectivity index (χ0n) is 17.9. The van der Waals surface area contributed by atoms with Gasteiger partial charge in [-0.15, -0.1) is 0 Å². The lowest BCUT2D eigenvalue weighted by Gasteiger charge is -2.33. The zero-order valence-corrected chi connectivity index (χ0v) is 17.9. The molecule has 1 atom stereocenters. The number of ether oxygens (including phenoxy) is 2. The topological polar surface area (TPSA) is 51.7 Å². The number of carbonyl (C=O) groups excluding carboxylic acids is 1. The maximum Gasteiger partial charge on any atom is 0.251 e. The van der Waals surface area contributed by atoms with Crippen LogP contribution in [0.3, 0.4) is 0 Å². The fraction of sp³-hybridized carbons (Fsp3) is 0.385. The minimum Gasteiger partial charge on any atom is -0.490 e. The van der Waals surface area contributed by atoms with E-state index in [1.54, 1.807) is 0 Å². The lowest BCUT2D eigenvalue weighted by Crippen LogP contribution is -2.45. The number of pyridine rings is 1. The maximum atomic E-state index is 12.5. The first kappa shape index (κ1) is 20.0. The van der Waals surface area contributed by atoms with Gasteiger partial charge < -0.3 is 14.4 Å². The fourth-order valence-electron chi connectivity index (χ4n) is 4.65. The Morgan fingerprint density at radius 2 is 1.84 bits per heavy atom. The summed E-state index contributed by atoms with van der Waals surface area (Å²) in [5, 5.41) is 1.18. The van der Waals surface area contributed by atoms with Crippen LogP contribution in [0.5, 0.6) is 5.75 Å². The first-order chi connectivity index (χ1) is 15.2. The van der Waals surface area contributed by atoms with Gasteiger partial charge in [0.2, 0.25) is 0 Å². The number of benzene rings is 2. The molecule has 1 amide bonds. The predicted octanol–water partition coefficient (Wildman–Crippen LogP) is 4.76. The van der Waals surface area contributed by atoms with Crippen molar-refractivity contribution in [2.45, 2.75) is 44.8 Å². The number of rotatable bonds is 4. The fourth-order valence-corrected chi connectivity index (χ4v) is 4.65. The molecule has 0 radical (unpaired) electrons. The van der Waals surface area contributed by atoms with Crippen LogP contribution >= 0.6 is 0 Å². The van der Waals surface area contributed by atoms with Crippen LogP contribution in [0.25, 0.3) is 22.0 Å². The minimum absolute atomic E-state index is 0.142. The molecule has 2 saturated heterocycles. The second-order valence-electron chi connectivity index (χ2n) is 8.48. The molecule has 0 bridgehead atoms. The first-order valence-electron chi connectivity index (χ1n) is 11.2. The van der Waals surface area contributed by atoms with Gasteiger partial charge >= 0.3 is 0 Å². The van der Waals surface area contributed by atoms with Crippen molar-refractivity contribution in [2.75, 3.05) is 19.7 Å². The highest BCUT2D eigenvalue weighted by molar-refractivity contribution is 5.88. The quantitative estimate of drug-likeness (QED) is 0.615. The number of carbonyl (C=O) groups is 1. The molecule has 2 aromatic carbocycles. The van der Waals surface area contributed by atoms with Crippen molar-refractivity contribution >= 4 is 16.8 Å². The van der Waals surface area contributed by atoms with Crippen LogP contribution in [-0.4, -0.2) is 47.7 Å². The van der Waals surface area contributed by atoms with E-state index in [0.29, 0.717) is 6.61 Å². The third-order valence-corrected chi connectivity index (χ3v) is 6.47. The standard InChI is InChI=1S/C26H28N2O3/c1-18-22-5-2-3-6-24(22)27-17-23(18)19-8-10-20(11-9-19)31-21-12-14-28(15-13-21)26(29)25-7-4-16-30-25/h2-3,5-6,8-11,17,21,25H,4,7,12-16H2,1H3/t25-/m1/s1. The Morgan fingerprint density at radius 3 is 2.58 bits per heavy atom.